The normalized spacial score (nSPS) is 10.7. The van der Waals surface area contributed by atoms with Crippen molar-refractivity contribution in [1.82, 2.24) is 10.3 Å². The Bertz CT molecular complexity index is 316. The van der Waals surface area contributed by atoms with Crippen LogP contribution in [0, 0.1) is 12.8 Å². The third-order valence-corrected chi connectivity index (χ3v) is 2.47. The second-order valence-corrected chi connectivity index (χ2v) is 3.59. The van der Waals surface area contributed by atoms with E-state index >= 15 is 0 Å². The topological polar surface area (TPSA) is 55.1 Å². The fraction of sp³-hybridized carbons (Fsp3) is 0.636. The van der Waals surface area contributed by atoms with E-state index < -0.39 is 0 Å². The van der Waals surface area contributed by atoms with Crippen LogP contribution < -0.4 is 5.32 Å². The lowest BCUT2D eigenvalue weighted by molar-refractivity contribution is -0.125. The van der Waals surface area contributed by atoms with Gasteiger partial charge >= 0.3 is 0 Å². The van der Waals surface area contributed by atoms with Gasteiger partial charge in [-0.05, 0) is 12.8 Å². The van der Waals surface area contributed by atoms with E-state index in [1.165, 1.54) is 0 Å². The molecule has 0 radical (unpaired) electrons. The summed E-state index contributed by atoms with van der Waals surface area (Å²) in [4.78, 5) is 15.7. The van der Waals surface area contributed by atoms with Crippen molar-refractivity contribution in [3.8, 4) is 0 Å². The predicted octanol–water partition coefficient (Wildman–Crippen LogP) is 2.04. The Morgan fingerprint density at radius 1 is 1.53 bits per heavy atom. The van der Waals surface area contributed by atoms with Gasteiger partial charge in [-0.3, -0.25) is 4.79 Å². The lowest BCUT2D eigenvalue weighted by Gasteiger charge is -2.11. The molecule has 0 fully saturated rings. The van der Waals surface area contributed by atoms with Crippen molar-refractivity contribution in [2.24, 2.45) is 5.92 Å². The molecule has 1 rings (SSSR count). The molecule has 0 atom stereocenters. The molecule has 1 aromatic heterocycles. The van der Waals surface area contributed by atoms with E-state index in [-0.39, 0.29) is 11.8 Å². The summed E-state index contributed by atoms with van der Waals surface area (Å²) in [5.74, 6) is 0.834. The summed E-state index contributed by atoms with van der Waals surface area (Å²) in [6.07, 6.45) is 3.32. The first-order valence-corrected chi connectivity index (χ1v) is 5.36. The van der Waals surface area contributed by atoms with Gasteiger partial charge in [-0.15, -0.1) is 0 Å². The molecule has 0 aliphatic rings. The van der Waals surface area contributed by atoms with Crippen LogP contribution in [-0.4, -0.2) is 10.9 Å². The quantitative estimate of drug-likeness (QED) is 0.809. The molecule has 0 unspecified atom stereocenters. The summed E-state index contributed by atoms with van der Waals surface area (Å²) >= 11 is 0. The van der Waals surface area contributed by atoms with E-state index in [9.17, 15) is 4.79 Å². The molecular formula is C11H18N2O2. The molecule has 0 saturated carbocycles. The van der Waals surface area contributed by atoms with Gasteiger partial charge in [0.25, 0.3) is 0 Å². The zero-order valence-electron chi connectivity index (χ0n) is 9.54. The minimum absolute atomic E-state index is 0.0978. The van der Waals surface area contributed by atoms with Crippen molar-refractivity contribution in [3.63, 3.8) is 0 Å². The molecule has 4 nitrogen and oxygen atoms in total. The highest BCUT2D eigenvalue weighted by Gasteiger charge is 2.13. The SMILES string of the molecule is CCC(CC)C(=O)NCc1coc(C)n1. The molecule has 4 heteroatoms. The number of rotatable bonds is 5. The maximum absolute atomic E-state index is 11.6. The Morgan fingerprint density at radius 3 is 2.67 bits per heavy atom. The van der Waals surface area contributed by atoms with Crippen LogP contribution in [0.3, 0.4) is 0 Å². The van der Waals surface area contributed by atoms with Gasteiger partial charge in [-0.2, -0.15) is 0 Å². The van der Waals surface area contributed by atoms with Gasteiger partial charge in [0, 0.05) is 12.8 Å². The average molecular weight is 210 g/mol. The van der Waals surface area contributed by atoms with Crippen LogP contribution in [-0.2, 0) is 11.3 Å². The Labute approximate surface area is 90.1 Å². The van der Waals surface area contributed by atoms with Crippen molar-refractivity contribution in [2.45, 2.75) is 40.2 Å². The summed E-state index contributed by atoms with van der Waals surface area (Å²) in [5.41, 5.74) is 0.770. The number of oxazole rings is 1. The van der Waals surface area contributed by atoms with Crippen LogP contribution >= 0.6 is 0 Å². The zero-order chi connectivity index (χ0) is 11.3. The van der Waals surface area contributed by atoms with Crippen molar-refractivity contribution in [1.29, 1.82) is 0 Å². The van der Waals surface area contributed by atoms with Gasteiger partial charge in [0.2, 0.25) is 5.91 Å². The van der Waals surface area contributed by atoms with E-state index in [4.69, 9.17) is 4.42 Å². The van der Waals surface area contributed by atoms with Gasteiger partial charge in [0.05, 0.1) is 12.2 Å². The third-order valence-electron chi connectivity index (χ3n) is 2.47. The van der Waals surface area contributed by atoms with Gasteiger partial charge in [-0.1, -0.05) is 13.8 Å². The van der Waals surface area contributed by atoms with Crippen molar-refractivity contribution in [3.05, 3.63) is 17.8 Å². The number of carbonyl (C=O) groups is 1. The fourth-order valence-corrected chi connectivity index (χ4v) is 1.47. The number of aromatic nitrogens is 1. The van der Waals surface area contributed by atoms with Gasteiger partial charge in [-0.25, -0.2) is 4.98 Å². The summed E-state index contributed by atoms with van der Waals surface area (Å²) in [5, 5.41) is 2.85. The van der Waals surface area contributed by atoms with E-state index in [2.05, 4.69) is 10.3 Å². The number of nitrogens with one attached hydrogen (secondary N) is 1. The van der Waals surface area contributed by atoms with E-state index in [1.807, 2.05) is 13.8 Å². The molecule has 0 aliphatic heterocycles. The van der Waals surface area contributed by atoms with Crippen molar-refractivity contribution in [2.75, 3.05) is 0 Å². The largest absolute Gasteiger partial charge is 0.449 e. The van der Waals surface area contributed by atoms with Gasteiger partial charge < -0.3 is 9.73 Å². The maximum Gasteiger partial charge on any atom is 0.223 e. The lowest BCUT2D eigenvalue weighted by atomic mass is 10.0. The molecule has 1 N–H and O–H groups in total. The Hall–Kier alpha value is -1.32. The number of amides is 1. The standard InChI is InChI=1S/C11H18N2O2/c1-4-9(5-2)11(14)12-6-10-7-15-8(3)13-10/h7,9H,4-6H2,1-3H3,(H,12,14). The molecule has 0 aromatic carbocycles. The van der Waals surface area contributed by atoms with E-state index in [0.717, 1.165) is 18.5 Å². The Balaban J connectivity index is 2.40. The number of carbonyl (C=O) groups excluding carboxylic acids is 1. The number of aryl methyl sites for hydroxylation is 1. The molecule has 0 bridgehead atoms. The van der Waals surface area contributed by atoms with E-state index in [0.29, 0.717) is 12.4 Å². The molecule has 0 spiro atoms. The van der Waals surface area contributed by atoms with Crippen LogP contribution in [0.25, 0.3) is 0 Å². The number of hydrogen-bond acceptors (Lipinski definition) is 3. The highest BCUT2D eigenvalue weighted by molar-refractivity contribution is 5.78. The summed E-state index contributed by atoms with van der Waals surface area (Å²) in [6, 6.07) is 0. The monoisotopic (exact) mass is 210 g/mol. The number of nitrogens with zero attached hydrogens (tertiary/aromatic N) is 1. The van der Waals surface area contributed by atoms with Crippen LogP contribution in [0.2, 0.25) is 0 Å². The Kier molecular flexibility index (Phi) is 4.34. The molecule has 0 saturated heterocycles. The average Bonchev–Trinajstić information content (AvgIpc) is 2.63. The Morgan fingerprint density at radius 2 is 2.20 bits per heavy atom. The molecule has 0 aliphatic carbocycles. The fourth-order valence-electron chi connectivity index (χ4n) is 1.47. The van der Waals surface area contributed by atoms with Crippen LogP contribution in [0.15, 0.2) is 10.7 Å². The van der Waals surface area contributed by atoms with Crippen LogP contribution in [0.5, 0.6) is 0 Å². The summed E-state index contributed by atoms with van der Waals surface area (Å²) in [6.45, 7) is 6.28. The van der Waals surface area contributed by atoms with Crippen LogP contribution in [0.4, 0.5) is 0 Å². The molecule has 15 heavy (non-hydrogen) atoms. The first kappa shape index (κ1) is 11.8. The van der Waals surface area contributed by atoms with Crippen molar-refractivity contribution >= 4 is 5.91 Å². The van der Waals surface area contributed by atoms with Crippen LogP contribution in [0.1, 0.15) is 38.3 Å². The highest BCUT2D eigenvalue weighted by atomic mass is 16.3. The summed E-state index contributed by atoms with van der Waals surface area (Å²) < 4.78 is 5.05. The molecule has 1 aromatic rings. The second-order valence-electron chi connectivity index (χ2n) is 3.59. The molecule has 1 heterocycles. The summed E-state index contributed by atoms with van der Waals surface area (Å²) in [7, 11) is 0. The second kappa shape index (κ2) is 5.53. The first-order valence-electron chi connectivity index (χ1n) is 5.36. The molecule has 84 valence electrons. The third kappa shape index (κ3) is 3.38. The smallest absolute Gasteiger partial charge is 0.223 e. The minimum Gasteiger partial charge on any atom is -0.449 e. The maximum atomic E-state index is 11.6. The highest BCUT2D eigenvalue weighted by Crippen LogP contribution is 2.07. The number of hydrogen-bond donors (Lipinski definition) is 1. The van der Waals surface area contributed by atoms with Gasteiger partial charge in [0.15, 0.2) is 5.89 Å². The first-order chi connectivity index (χ1) is 7.17. The van der Waals surface area contributed by atoms with Gasteiger partial charge in [0.1, 0.15) is 6.26 Å². The van der Waals surface area contributed by atoms with Crippen molar-refractivity contribution < 1.29 is 9.21 Å². The molecular weight excluding hydrogens is 192 g/mol. The van der Waals surface area contributed by atoms with E-state index in [1.54, 1.807) is 13.2 Å². The predicted molar refractivity (Wildman–Crippen MR) is 57.2 cm³/mol. The minimum atomic E-state index is 0.0978. The zero-order valence-corrected chi connectivity index (χ0v) is 9.54. The molecule has 1 amide bonds. The lowest BCUT2D eigenvalue weighted by Crippen LogP contribution is -2.29.